The van der Waals surface area contributed by atoms with Crippen molar-refractivity contribution in [2.75, 3.05) is 30.4 Å². The summed E-state index contributed by atoms with van der Waals surface area (Å²) in [4.78, 5) is 0. The van der Waals surface area contributed by atoms with Crippen LogP contribution >= 0.6 is 0 Å². The van der Waals surface area contributed by atoms with E-state index in [1.54, 1.807) is 6.07 Å². The summed E-state index contributed by atoms with van der Waals surface area (Å²) in [5, 5.41) is 3.31. The summed E-state index contributed by atoms with van der Waals surface area (Å²) >= 11 is 0. The first-order valence-electron chi connectivity index (χ1n) is 11.9. The Morgan fingerprint density at radius 2 is 1.68 bits per heavy atom. The quantitative estimate of drug-likeness (QED) is 0.534. The van der Waals surface area contributed by atoms with Crippen molar-refractivity contribution in [3.05, 3.63) is 65.7 Å². The third-order valence-corrected chi connectivity index (χ3v) is 7.43. The normalized spacial score (nSPS) is 21.4. The molecule has 0 bridgehead atoms. The van der Waals surface area contributed by atoms with Gasteiger partial charge in [-0.05, 0) is 67.3 Å². The molecular formula is C26H37F3N2O2S. The van der Waals surface area contributed by atoms with Gasteiger partial charge in [-0.1, -0.05) is 56.2 Å². The average molecular weight is 499 g/mol. The molecule has 1 aliphatic carbocycles. The van der Waals surface area contributed by atoms with Crippen molar-refractivity contribution in [1.29, 1.82) is 0 Å². The van der Waals surface area contributed by atoms with E-state index in [-0.39, 0.29) is 5.75 Å². The summed E-state index contributed by atoms with van der Waals surface area (Å²) in [6.45, 7) is 3.53. The minimum Gasteiger partial charge on any atom is -0.385 e. The molecule has 0 amide bonds. The molecule has 3 N–H and O–H groups in total. The van der Waals surface area contributed by atoms with Gasteiger partial charge in [0.15, 0.2) is 0 Å². The van der Waals surface area contributed by atoms with Gasteiger partial charge in [0, 0.05) is 18.5 Å². The Labute approximate surface area is 202 Å². The third-order valence-electron chi connectivity index (χ3n) is 6.40. The van der Waals surface area contributed by atoms with Crippen LogP contribution in [0.5, 0.6) is 0 Å². The smallest absolute Gasteiger partial charge is 0.385 e. The fraction of sp³-hybridized carbons (Fsp3) is 0.538. The van der Waals surface area contributed by atoms with Gasteiger partial charge >= 0.3 is 6.18 Å². The van der Waals surface area contributed by atoms with E-state index in [1.807, 2.05) is 36.4 Å². The van der Waals surface area contributed by atoms with Gasteiger partial charge in [0.05, 0.1) is 11.3 Å². The molecule has 34 heavy (non-hydrogen) atoms. The van der Waals surface area contributed by atoms with Crippen LogP contribution in [0, 0.1) is 11.8 Å². The third kappa shape index (κ3) is 9.29. The number of hydrogen-bond acceptors (Lipinski definition) is 4. The van der Waals surface area contributed by atoms with Crippen LogP contribution in [0.2, 0.25) is 0 Å². The maximum Gasteiger partial charge on any atom is 0.416 e. The highest BCUT2D eigenvalue weighted by atomic mass is 32.2. The van der Waals surface area contributed by atoms with Gasteiger partial charge in [0.1, 0.15) is 9.84 Å². The number of fused-ring (bicyclic) bond motifs is 3. The molecule has 0 spiro atoms. The zero-order chi connectivity index (χ0) is 25.2. The number of nitrogens with one attached hydrogen (secondary N) is 1. The molecule has 1 saturated carbocycles. The van der Waals surface area contributed by atoms with Crippen LogP contribution in [0.3, 0.4) is 0 Å². The van der Waals surface area contributed by atoms with Gasteiger partial charge in [-0.15, -0.1) is 0 Å². The lowest BCUT2D eigenvalue weighted by atomic mass is 9.68. The van der Waals surface area contributed by atoms with Gasteiger partial charge in [0.25, 0.3) is 0 Å². The fourth-order valence-corrected chi connectivity index (χ4v) is 5.19. The number of nitrogens with two attached hydrogens (primary N) is 1. The van der Waals surface area contributed by atoms with Crippen molar-refractivity contribution in [1.82, 2.24) is 0 Å². The van der Waals surface area contributed by atoms with E-state index < -0.39 is 21.6 Å². The van der Waals surface area contributed by atoms with Crippen LogP contribution < -0.4 is 11.1 Å². The lowest BCUT2D eigenvalue weighted by Gasteiger charge is -2.41. The minimum absolute atomic E-state index is 0.212. The van der Waals surface area contributed by atoms with Gasteiger partial charge in [-0.2, -0.15) is 13.2 Å². The van der Waals surface area contributed by atoms with Crippen LogP contribution in [0.15, 0.2) is 54.6 Å². The Hall–Kier alpha value is -2.06. The number of benzene rings is 2. The average Bonchev–Trinajstić information content (AvgIpc) is 2.83. The summed E-state index contributed by atoms with van der Waals surface area (Å²) in [6, 6.07) is 16.2. The summed E-state index contributed by atoms with van der Waals surface area (Å²) in [7, 11) is -2.77. The molecule has 3 atom stereocenters. The molecule has 4 nitrogen and oxygen atoms in total. The Morgan fingerprint density at radius 1 is 1.06 bits per heavy atom. The van der Waals surface area contributed by atoms with E-state index in [2.05, 4.69) is 12.2 Å². The summed E-state index contributed by atoms with van der Waals surface area (Å²) < 4.78 is 59.4. The lowest BCUT2D eigenvalue weighted by molar-refractivity contribution is -0.137. The maximum absolute atomic E-state index is 12.9. The van der Waals surface area contributed by atoms with Crippen LogP contribution in [0.1, 0.15) is 56.1 Å². The Morgan fingerprint density at radius 3 is 2.15 bits per heavy atom. The summed E-state index contributed by atoms with van der Waals surface area (Å²) in [5.41, 5.74) is 6.34. The molecule has 1 heterocycles. The molecule has 2 aromatic carbocycles. The molecular weight excluding hydrogens is 461 g/mol. The topological polar surface area (TPSA) is 72.2 Å². The molecule has 2 aromatic rings. The zero-order valence-corrected chi connectivity index (χ0v) is 20.8. The monoisotopic (exact) mass is 498 g/mol. The molecule has 0 saturated heterocycles. The first-order chi connectivity index (χ1) is 16.0. The first kappa shape index (κ1) is 28.2. The fourth-order valence-electron chi connectivity index (χ4n) is 4.49. The van der Waals surface area contributed by atoms with Crippen LogP contribution in [-0.4, -0.2) is 33.5 Å². The van der Waals surface area contributed by atoms with E-state index in [4.69, 9.17) is 5.73 Å². The lowest BCUT2D eigenvalue weighted by Crippen LogP contribution is -2.33. The second kappa shape index (κ2) is 13.1. The molecule has 1 aliphatic heterocycles. The highest BCUT2D eigenvalue weighted by Gasteiger charge is 2.37. The van der Waals surface area contributed by atoms with E-state index in [0.29, 0.717) is 30.7 Å². The molecule has 0 radical (unpaired) electrons. The second-order valence-electron chi connectivity index (χ2n) is 9.06. The van der Waals surface area contributed by atoms with Crippen molar-refractivity contribution in [2.45, 2.75) is 51.1 Å². The SMILES string of the molecule is CCC1CCC2CNc3ccc(C(F)(F)F)cc3C2C1.CS(=O)(=O)CCCN.c1ccccc1. The van der Waals surface area contributed by atoms with E-state index in [0.717, 1.165) is 37.1 Å². The highest BCUT2D eigenvalue weighted by molar-refractivity contribution is 7.90. The van der Waals surface area contributed by atoms with Crippen LogP contribution in [0.4, 0.5) is 18.9 Å². The summed E-state index contributed by atoms with van der Waals surface area (Å²) in [5.74, 6) is 1.67. The predicted molar refractivity (Wildman–Crippen MR) is 134 cm³/mol. The van der Waals surface area contributed by atoms with Gasteiger partial charge < -0.3 is 11.1 Å². The number of alkyl halides is 3. The van der Waals surface area contributed by atoms with E-state index >= 15 is 0 Å². The minimum atomic E-state index is -4.25. The molecule has 8 heteroatoms. The number of rotatable bonds is 4. The van der Waals surface area contributed by atoms with Crippen molar-refractivity contribution < 1.29 is 21.6 Å². The summed E-state index contributed by atoms with van der Waals surface area (Å²) in [6.07, 6.45) is 2.05. The van der Waals surface area contributed by atoms with E-state index in [9.17, 15) is 21.6 Å². The van der Waals surface area contributed by atoms with Gasteiger partial charge in [-0.3, -0.25) is 0 Å². The largest absolute Gasteiger partial charge is 0.416 e. The van der Waals surface area contributed by atoms with Crippen LogP contribution in [-0.2, 0) is 16.0 Å². The van der Waals surface area contributed by atoms with E-state index in [1.165, 1.54) is 24.8 Å². The second-order valence-corrected chi connectivity index (χ2v) is 11.3. The standard InChI is InChI=1S/C16H20F3N.C6H6.C4H11NO2S/c1-2-10-3-4-11-9-20-15-6-5-12(16(17,18)19)8-14(15)13(11)7-10;1-2-4-6-5-3-1;1-8(6,7)4-2-3-5/h5-6,8,10-11,13,20H,2-4,7,9H2,1H3;1-6H;2-5H2,1H3. The van der Waals surface area contributed by atoms with Crippen molar-refractivity contribution in [2.24, 2.45) is 17.6 Å². The molecule has 190 valence electrons. The zero-order valence-electron chi connectivity index (χ0n) is 20.0. The number of sulfone groups is 1. The number of halogens is 3. The molecule has 4 rings (SSSR count). The van der Waals surface area contributed by atoms with Crippen molar-refractivity contribution in [3.8, 4) is 0 Å². The first-order valence-corrected chi connectivity index (χ1v) is 13.9. The molecule has 3 unspecified atom stereocenters. The van der Waals surface area contributed by atoms with Crippen molar-refractivity contribution in [3.63, 3.8) is 0 Å². The Balaban J connectivity index is 0.000000240. The Bertz CT molecular complexity index is 939. The predicted octanol–water partition coefficient (Wildman–Crippen LogP) is 6.11. The van der Waals surface area contributed by atoms with Crippen molar-refractivity contribution >= 4 is 15.5 Å². The Kier molecular flexibility index (Phi) is 10.9. The number of hydrogen-bond donors (Lipinski definition) is 2. The van der Waals surface area contributed by atoms with Gasteiger partial charge in [-0.25, -0.2) is 8.42 Å². The maximum atomic E-state index is 12.9. The number of anilines is 1. The van der Waals surface area contributed by atoms with Crippen LogP contribution in [0.25, 0.3) is 0 Å². The molecule has 0 aromatic heterocycles. The van der Waals surface area contributed by atoms with Gasteiger partial charge in [0.2, 0.25) is 0 Å². The molecule has 1 fully saturated rings. The highest BCUT2D eigenvalue weighted by Crippen LogP contribution is 2.47. The molecule has 2 aliphatic rings.